The molecule has 0 saturated heterocycles. The number of rotatable bonds is 1. The zero-order valence-corrected chi connectivity index (χ0v) is 13.6. The van der Waals surface area contributed by atoms with Crippen molar-refractivity contribution in [2.24, 2.45) is 0 Å². The summed E-state index contributed by atoms with van der Waals surface area (Å²) < 4.78 is 0.833. The monoisotopic (exact) mass is 364 g/mol. The number of carbonyl (C=O) groups excluding carboxylic acids is 1. The van der Waals surface area contributed by atoms with Crippen molar-refractivity contribution in [3.8, 4) is 0 Å². The predicted octanol–water partition coefficient (Wildman–Crippen LogP) is 4.28. The summed E-state index contributed by atoms with van der Waals surface area (Å²) in [4.78, 5) is 14.6. The molecule has 0 saturated carbocycles. The lowest BCUT2D eigenvalue weighted by molar-refractivity contribution is 0.0985. The van der Waals surface area contributed by atoms with Crippen molar-refractivity contribution in [1.29, 1.82) is 0 Å². The molecule has 0 bridgehead atoms. The van der Waals surface area contributed by atoms with E-state index in [2.05, 4.69) is 15.9 Å². The number of nitrogens with zero attached hydrogens (tertiary/aromatic N) is 1. The number of anilines is 2. The van der Waals surface area contributed by atoms with Crippen LogP contribution < -0.4 is 10.6 Å². The van der Waals surface area contributed by atoms with Crippen molar-refractivity contribution in [2.45, 2.75) is 12.8 Å². The molecule has 1 amide bonds. The van der Waals surface area contributed by atoms with Crippen LogP contribution in [0.25, 0.3) is 0 Å². The van der Waals surface area contributed by atoms with E-state index in [1.54, 1.807) is 17.0 Å². The first-order valence-electron chi connectivity index (χ1n) is 6.71. The summed E-state index contributed by atoms with van der Waals surface area (Å²) in [5.41, 5.74) is 9.07. The Bertz CT molecular complexity index is 717. The fourth-order valence-corrected chi connectivity index (χ4v) is 3.17. The number of amides is 1. The van der Waals surface area contributed by atoms with Crippen LogP contribution in [0.15, 0.2) is 40.9 Å². The second kappa shape index (κ2) is 5.70. The lowest BCUT2D eigenvalue weighted by Crippen LogP contribution is -2.35. The van der Waals surface area contributed by atoms with Gasteiger partial charge in [0.05, 0.1) is 10.6 Å². The summed E-state index contributed by atoms with van der Waals surface area (Å²) in [5.74, 6) is -0.0900. The molecular weight excluding hydrogens is 352 g/mol. The average Bonchev–Trinajstić information content (AvgIpc) is 2.48. The number of benzene rings is 2. The minimum absolute atomic E-state index is 0.0900. The van der Waals surface area contributed by atoms with Gasteiger partial charge in [0.25, 0.3) is 5.91 Å². The van der Waals surface area contributed by atoms with Crippen molar-refractivity contribution >= 4 is 44.8 Å². The molecule has 0 spiro atoms. The van der Waals surface area contributed by atoms with Crippen molar-refractivity contribution in [3.05, 3.63) is 57.0 Å². The van der Waals surface area contributed by atoms with E-state index in [4.69, 9.17) is 17.3 Å². The Hall–Kier alpha value is -1.52. The Morgan fingerprint density at radius 3 is 2.86 bits per heavy atom. The molecule has 0 radical (unpaired) electrons. The SMILES string of the molecule is Nc1ccc2c(c1)N(C(=O)c1cc(Br)ccc1Cl)CCC2. The van der Waals surface area contributed by atoms with Gasteiger partial charge in [-0.05, 0) is 48.7 Å². The number of nitrogen functional groups attached to an aromatic ring is 1. The molecule has 0 aliphatic carbocycles. The van der Waals surface area contributed by atoms with Gasteiger partial charge in [0.1, 0.15) is 0 Å². The standard InChI is InChI=1S/C16H14BrClN2O/c17-11-4-6-14(18)13(8-11)16(21)20-7-1-2-10-3-5-12(19)9-15(10)20/h3-6,8-9H,1-2,7,19H2. The Balaban J connectivity index is 2.04. The maximum Gasteiger partial charge on any atom is 0.259 e. The molecule has 2 aromatic carbocycles. The molecule has 0 fully saturated rings. The summed E-state index contributed by atoms with van der Waals surface area (Å²) in [6.45, 7) is 0.679. The maximum atomic E-state index is 12.8. The molecule has 1 aliphatic heterocycles. The molecule has 3 nitrogen and oxygen atoms in total. The van der Waals surface area contributed by atoms with Crippen LogP contribution in [-0.2, 0) is 6.42 Å². The number of halogens is 2. The highest BCUT2D eigenvalue weighted by molar-refractivity contribution is 9.10. The Morgan fingerprint density at radius 1 is 1.24 bits per heavy atom. The van der Waals surface area contributed by atoms with Crippen molar-refractivity contribution < 1.29 is 4.79 Å². The van der Waals surface area contributed by atoms with E-state index in [1.165, 1.54) is 0 Å². The van der Waals surface area contributed by atoms with Crippen LogP contribution in [0.3, 0.4) is 0 Å². The molecule has 21 heavy (non-hydrogen) atoms. The van der Waals surface area contributed by atoms with Gasteiger partial charge < -0.3 is 10.6 Å². The summed E-state index contributed by atoms with van der Waals surface area (Å²) >= 11 is 9.56. The number of hydrogen-bond donors (Lipinski definition) is 1. The first-order chi connectivity index (χ1) is 10.1. The van der Waals surface area contributed by atoms with Crippen LogP contribution in [0.4, 0.5) is 11.4 Å². The van der Waals surface area contributed by atoms with Crippen LogP contribution in [0, 0.1) is 0 Å². The lowest BCUT2D eigenvalue weighted by Gasteiger charge is -2.30. The van der Waals surface area contributed by atoms with Gasteiger partial charge in [0.15, 0.2) is 0 Å². The van der Waals surface area contributed by atoms with Crippen LogP contribution in [0.2, 0.25) is 5.02 Å². The summed E-state index contributed by atoms with van der Waals surface area (Å²) in [6, 6.07) is 11.0. The molecule has 1 aliphatic rings. The third-order valence-electron chi connectivity index (χ3n) is 3.63. The van der Waals surface area contributed by atoms with Gasteiger partial charge in [-0.25, -0.2) is 0 Å². The highest BCUT2D eigenvalue weighted by atomic mass is 79.9. The summed E-state index contributed by atoms with van der Waals surface area (Å²) in [5, 5.41) is 0.458. The molecule has 2 N–H and O–H groups in total. The van der Waals surface area contributed by atoms with E-state index in [0.717, 1.165) is 28.6 Å². The fourth-order valence-electron chi connectivity index (χ4n) is 2.61. The number of aryl methyl sites for hydroxylation is 1. The average molecular weight is 366 g/mol. The first-order valence-corrected chi connectivity index (χ1v) is 7.88. The van der Waals surface area contributed by atoms with Crippen LogP contribution in [0.1, 0.15) is 22.3 Å². The molecular formula is C16H14BrClN2O. The first kappa shape index (κ1) is 14.4. The Labute approximate surface area is 136 Å². The quantitative estimate of drug-likeness (QED) is 0.767. The molecule has 0 atom stereocenters. The predicted molar refractivity (Wildman–Crippen MR) is 90.0 cm³/mol. The maximum absolute atomic E-state index is 12.8. The van der Waals surface area contributed by atoms with Gasteiger partial charge in [-0.1, -0.05) is 33.6 Å². The Morgan fingerprint density at radius 2 is 2.05 bits per heavy atom. The van der Waals surface area contributed by atoms with E-state index in [9.17, 15) is 4.79 Å². The second-order valence-corrected chi connectivity index (χ2v) is 6.40. The Kier molecular flexibility index (Phi) is 3.91. The second-order valence-electron chi connectivity index (χ2n) is 5.07. The fraction of sp³-hybridized carbons (Fsp3) is 0.188. The van der Waals surface area contributed by atoms with E-state index < -0.39 is 0 Å². The molecule has 2 aromatic rings. The van der Waals surface area contributed by atoms with Crippen LogP contribution >= 0.6 is 27.5 Å². The van der Waals surface area contributed by atoms with Crippen LogP contribution in [0.5, 0.6) is 0 Å². The molecule has 108 valence electrons. The van der Waals surface area contributed by atoms with Crippen molar-refractivity contribution in [2.75, 3.05) is 17.2 Å². The largest absolute Gasteiger partial charge is 0.399 e. The van der Waals surface area contributed by atoms with Gasteiger partial charge in [-0.3, -0.25) is 4.79 Å². The highest BCUT2D eigenvalue weighted by Gasteiger charge is 2.25. The van der Waals surface area contributed by atoms with Gasteiger partial charge in [0, 0.05) is 22.4 Å². The van der Waals surface area contributed by atoms with Crippen molar-refractivity contribution in [3.63, 3.8) is 0 Å². The molecule has 3 rings (SSSR count). The lowest BCUT2D eigenvalue weighted by atomic mass is 10.00. The van der Waals surface area contributed by atoms with E-state index in [1.807, 2.05) is 24.3 Å². The van der Waals surface area contributed by atoms with E-state index in [0.29, 0.717) is 22.8 Å². The summed E-state index contributed by atoms with van der Waals surface area (Å²) in [7, 11) is 0. The number of carbonyl (C=O) groups is 1. The van der Waals surface area contributed by atoms with E-state index >= 15 is 0 Å². The van der Waals surface area contributed by atoms with Gasteiger partial charge in [-0.15, -0.1) is 0 Å². The third-order valence-corrected chi connectivity index (χ3v) is 4.45. The van der Waals surface area contributed by atoms with Gasteiger partial charge in [-0.2, -0.15) is 0 Å². The number of nitrogens with two attached hydrogens (primary N) is 1. The third kappa shape index (κ3) is 2.78. The minimum atomic E-state index is -0.0900. The normalized spacial score (nSPS) is 13.9. The van der Waals surface area contributed by atoms with Gasteiger partial charge >= 0.3 is 0 Å². The molecule has 1 heterocycles. The number of hydrogen-bond acceptors (Lipinski definition) is 2. The molecule has 0 unspecified atom stereocenters. The number of fused-ring (bicyclic) bond motifs is 1. The smallest absolute Gasteiger partial charge is 0.259 e. The highest BCUT2D eigenvalue weighted by Crippen LogP contribution is 2.32. The van der Waals surface area contributed by atoms with Crippen molar-refractivity contribution in [1.82, 2.24) is 0 Å². The van der Waals surface area contributed by atoms with Gasteiger partial charge in [0.2, 0.25) is 0 Å². The minimum Gasteiger partial charge on any atom is -0.399 e. The zero-order valence-electron chi connectivity index (χ0n) is 11.3. The molecule has 5 heteroatoms. The molecule has 0 aromatic heterocycles. The van der Waals surface area contributed by atoms with Crippen LogP contribution in [-0.4, -0.2) is 12.5 Å². The topological polar surface area (TPSA) is 46.3 Å². The zero-order chi connectivity index (χ0) is 15.0. The van der Waals surface area contributed by atoms with E-state index in [-0.39, 0.29) is 5.91 Å². The summed E-state index contributed by atoms with van der Waals surface area (Å²) in [6.07, 6.45) is 1.90.